The number of carbonyl (C=O) groups excluding carboxylic acids is 1. The van der Waals surface area contributed by atoms with Gasteiger partial charge in [0.05, 0.1) is 11.2 Å². The van der Waals surface area contributed by atoms with Crippen LogP contribution in [0, 0.1) is 0 Å². The van der Waals surface area contributed by atoms with E-state index in [1.807, 2.05) is 28.9 Å². The summed E-state index contributed by atoms with van der Waals surface area (Å²) in [6.45, 7) is 12.7. The zero-order valence-electron chi connectivity index (χ0n) is 16.8. The molecule has 1 aliphatic heterocycles. The average molecular weight is 369 g/mol. The fourth-order valence-corrected chi connectivity index (χ4v) is 2.70. The normalized spacial score (nSPS) is 14.0. The fourth-order valence-electron chi connectivity index (χ4n) is 2.70. The second-order valence-corrected chi connectivity index (χ2v) is 8.68. The van der Waals surface area contributed by atoms with E-state index in [9.17, 15) is 4.79 Å². The molecule has 0 radical (unpaired) electrons. The number of nitrogens with zero attached hydrogens (tertiary/aromatic N) is 2. The summed E-state index contributed by atoms with van der Waals surface area (Å²) < 4.78 is 12.5. The standard InChI is InChI=1S/C21H27N3O3/c1-20(2,3)17-12-18(24(23-17)21(4,5)6)22-19(25)10-8-14-7-9-15-16(11-14)27-13-26-15/h7-12H,13H2,1-6H3,(H,22,25)/b10-8+. The van der Waals surface area contributed by atoms with Crippen molar-refractivity contribution in [1.29, 1.82) is 0 Å². The average Bonchev–Trinajstić information content (AvgIpc) is 3.17. The van der Waals surface area contributed by atoms with Crippen molar-refractivity contribution in [1.82, 2.24) is 9.78 Å². The second-order valence-electron chi connectivity index (χ2n) is 8.68. The molecule has 0 saturated carbocycles. The predicted molar refractivity (Wildman–Crippen MR) is 106 cm³/mol. The third kappa shape index (κ3) is 4.32. The molecule has 0 saturated heterocycles. The van der Waals surface area contributed by atoms with Crippen LogP contribution in [0.15, 0.2) is 30.3 Å². The summed E-state index contributed by atoms with van der Waals surface area (Å²) in [4.78, 5) is 12.5. The summed E-state index contributed by atoms with van der Waals surface area (Å²) in [5.74, 6) is 1.89. The highest BCUT2D eigenvalue weighted by Crippen LogP contribution is 2.33. The van der Waals surface area contributed by atoms with Gasteiger partial charge in [0.15, 0.2) is 11.5 Å². The second kappa shape index (κ2) is 6.76. The molecular formula is C21H27N3O3. The van der Waals surface area contributed by atoms with Crippen LogP contribution in [0.2, 0.25) is 0 Å². The Morgan fingerprint density at radius 1 is 1.11 bits per heavy atom. The van der Waals surface area contributed by atoms with Crippen molar-refractivity contribution in [2.45, 2.75) is 52.5 Å². The van der Waals surface area contributed by atoms with Gasteiger partial charge in [0, 0.05) is 17.6 Å². The molecule has 1 amide bonds. The number of carbonyl (C=O) groups is 1. The Hall–Kier alpha value is -2.76. The van der Waals surface area contributed by atoms with Crippen molar-refractivity contribution in [2.75, 3.05) is 12.1 Å². The van der Waals surface area contributed by atoms with Crippen LogP contribution in [0.1, 0.15) is 52.8 Å². The van der Waals surface area contributed by atoms with E-state index in [1.54, 1.807) is 6.08 Å². The van der Waals surface area contributed by atoms with Crippen LogP contribution in [0.4, 0.5) is 5.82 Å². The van der Waals surface area contributed by atoms with Gasteiger partial charge in [0.2, 0.25) is 12.7 Å². The fraction of sp³-hybridized carbons (Fsp3) is 0.429. The van der Waals surface area contributed by atoms with Crippen molar-refractivity contribution >= 4 is 17.8 Å². The van der Waals surface area contributed by atoms with Crippen molar-refractivity contribution in [3.05, 3.63) is 41.6 Å². The summed E-state index contributed by atoms with van der Waals surface area (Å²) in [6, 6.07) is 7.51. The molecule has 0 aliphatic carbocycles. The summed E-state index contributed by atoms with van der Waals surface area (Å²) in [5, 5.41) is 7.66. The monoisotopic (exact) mass is 369 g/mol. The van der Waals surface area contributed by atoms with E-state index in [1.165, 1.54) is 6.08 Å². The molecule has 3 rings (SSSR count). The molecule has 0 bridgehead atoms. The lowest BCUT2D eigenvalue weighted by Gasteiger charge is -2.22. The van der Waals surface area contributed by atoms with Gasteiger partial charge in [-0.2, -0.15) is 5.10 Å². The number of nitrogens with one attached hydrogen (secondary N) is 1. The third-order valence-corrected chi connectivity index (χ3v) is 4.19. The summed E-state index contributed by atoms with van der Waals surface area (Å²) >= 11 is 0. The number of benzene rings is 1. The molecule has 2 heterocycles. The maximum absolute atomic E-state index is 12.5. The number of hydrogen-bond donors (Lipinski definition) is 1. The van der Waals surface area contributed by atoms with Gasteiger partial charge in [-0.05, 0) is 44.5 Å². The van der Waals surface area contributed by atoms with E-state index in [4.69, 9.17) is 14.6 Å². The van der Waals surface area contributed by atoms with Gasteiger partial charge >= 0.3 is 0 Å². The van der Waals surface area contributed by atoms with Crippen molar-refractivity contribution in [2.24, 2.45) is 0 Å². The lowest BCUT2D eigenvalue weighted by molar-refractivity contribution is -0.111. The van der Waals surface area contributed by atoms with E-state index in [2.05, 4.69) is 46.9 Å². The number of ether oxygens (including phenoxy) is 2. The Balaban J connectivity index is 1.78. The van der Waals surface area contributed by atoms with E-state index < -0.39 is 0 Å². The first-order valence-corrected chi connectivity index (χ1v) is 9.04. The first-order valence-electron chi connectivity index (χ1n) is 9.04. The molecule has 0 fully saturated rings. The minimum atomic E-state index is -0.243. The molecule has 1 aromatic carbocycles. The molecule has 1 aliphatic rings. The molecular weight excluding hydrogens is 342 g/mol. The minimum absolute atomic E-state index is 0.0989. The highest BCUT2D eigenvalue weighted by molar-refractivity contribution is 6.01. The van der Waals surface area contributed by atoms with Crippen LogP contribution in [-0.4, -0.2) is 22.5 Å². The molecule has 0 spiro atoms. The van der Waals surface area contributed by atoms with Crippen LogP contribution < -0.4 is 14.8 Å². The van der Waals surface area contributed by atoms with Crippen LogP contribution in [0.25, 0.3) is 6.08 Å². The highest BCUT2D eigenvalue weighted by Gasteiger charge is 2.25. The Bertz CT molecular complexity index is 883. The molecule has 0 atom stereocenters. The van der Waals surface area contributed by atoms with Gasteiger partial charge in [0.1, 0.15) is 5.82 Å². The van der Waals surface area contributed by atoms with Gasteiger partial charge < -0.3 is 14.8 Å². The Morgan fingerprint density at radius 2 is 1.81 bits per heavy atom. The summed E-state index contributed by atoms with van der Waals surface area (Å²) in [7, 11) is 0. The van der Waals surface area contributed by atoms with Crippen molar-refractivity contribution in [3.8, 4) is 11.5 Å². The van der Waals surface area contributed by atoms with Gasteiger partial charge in [0.25, 0.3) is 0 Å². The maximum atomic E-state index is 12.5. The zero-order valence-corrected chi connectivity index (χ0v) is 16.8. The van der Waals surface area contributed by atoms with Gasteiger partial charge in [-0.3, -0.25) is 4.79 Å². The molecule has 0 unspecified atom stereocenters. The Labute approximate surface area is 160 Å². The molecule has 1 N–H and O–H groups in total. The topological polar surface area (TPSA) is 65.4 Å². The van der Waals surface area contributed by atoms with Gasteiger partial charge in [-0.25, -0.2) is 4.68 Å². The number of amides is 1. The molecule has 27 heavy (non-hydrogen) atoms. The molecule has 1 aromatic heterocycles. The maximum Gasteiger partial charge on any atom is 0.249 e. The zero-order chi connectivity index (χ0) is 19.8. The first-order chi connectivity index (χ1) is 12.5. The number of aromatic nitrogens is 2. The number of rotatable bonds is 3. The van der Waals surface area contributed by atoms with Crippen LogP contribution in [-0.2, 0) is 15.7 Å². The van der Waals surface area contributed by atoms with E-state index in [-0.39, 0.29) is 23.7 Å². The lowest BCUT2D eigenvalue weighted by atomic mass is 9.92. The minimum Gasteiger partial charge on any atom is -0.454 e. The van der Waals surface area contributed by atoms with E-state index in [0.29, 0.717) is 11.6 Å². The number of fused-ring (bicyclic) bond motifs is 1. The number of anilines is 1. The molecule has 2 aromatic rings. The van der Waals surface area contributed by atoms with Crippen molar-refractivity contribution < 1.29 is 14.3 Å². The lowest BCUT2D eigenvalue weighted by Crippen LogP contribution is -2.27. The summed E-state index contributed by atoms with van der Waals surface area (Å²) in [5.41, 5.74) is 1.47. The largest absolute Gasteiger partial charge is 0.454 e. The smallest absolute Gasteiger partial charge is 0.249 e. The molecule has 6 heteroatoms. The van der Waals surface area contributed by atoms with Crippen LogP contribution in [0.3, 0.4) is 0 Å². The van der Waals surface area contributed by atoms with Gasteiger partial charge in [-0.1, -0.05) is 26.8 Å². The van der Waals surface area contributed by atoms with E-state index in [0.717, 1.165) is 17.0 Å². The SMILES string of the molecule is CC(C)(C)c1cc(NC(=O)/C=C/c2ccc3c(c2)OCO3)n(C(C)(C)C)n1. The number of hydrogen-bond acceptors (Lipinski definition) is 4. The summed E-state index contributed by atoms with van der Waals surface area (Å²) in [6.07, 6.45) is 3.26. The van der Waals surface area contributed by atoms with Gasteiger partial charge in [-0.15, -0.1) is 0 Å². The Morgan fingerprint density at radius 3 is 2.48 bits per heavy atom. The molecule has 144 valence electrons. The van der Waals surface area contributed by atoms with Crippen LogP contribution >= 0.6 is 0 Å². The van der Waals surface area contributed by atoms with E-state index >= 15 is 0 Å². The first kappa shape index (κ1) is 19.0. The quantitative estimate of drug-likeness (QED) is 0.819. The van der Waals surface area contributed by atoms with Crippen molar-refractivity contribution in [3.63, 3.8) is 0 Å². The predicted octanol–water partition coefficient (Wildman–Crippen LogP) is 4.32. The third-order valence-electron chi connectivity index (χ3n) is 4.19. The van der Waals surface area contributed by atoms with Crippen LogP contribution in [0.5, 0.6) is 11.5 Å². The molecule has 6 nitrogen and oxygen atoms in total. The highest BCUT2D eigenvalue weighted by atomic mass is 16.7. The Kier molecular flexibility index (Phi) is 4.76.